The van der Waals surface area contributed by atoms with Gasteiger partial charge in [-0.25, -0.2) is 9.97 Å². The standard InChI is InChI=1S/C11H16N4/c1-7-8(2)13-6-14-10(7)11-3-9(4-15-11)12-5-11/h6,9,12,15H,3-5H2,1-2H3. The Kier molecular flexibility index (Phi) is 1.85. The van der Waals surface area contributed by atoms with Gasteiger partial charge >= 0.3 is 0 Å². The zero-order valence-corrected chi connectivity index (χ0v) is 9.17. The van der Waals surface area contributed by atoms with Crippen LogP contribution < -0.4 is 10.6 Å². The van der Waals surface area contributed by atoms with E-state index >= 15 is 0 Å². The van der Waals surface area contributed by atoms with Crippen molar-refractivity contribution < 1.29 is 0 Å². The van der Waals surface area contributed by atoms with Crippen LogP contribution in [-0.2, 0) is 5.54 Å². The zero-order valence-electron chi connectivity index (χ0n) is 9.17. The van der Waals surface area contributed by atoms with E-state index in [4.69, 9.17) is 0 Å². The molecule has 2 aliphatic heterocycles. The number of aromatic nitrogens is 2. The van der Waals surface area contributed by atoms with Gasteiger partial charge in [0.05, 0.1) is 11.2 Å². The maximum Gasteiger partial charge on any atom is 0.116 e. The van der Waals surface area contributed by atoms with Gasteiger partial charge in [-0.1, -0.05) is 0 Å². The summed E-state index contributed by atoms with van der Waals surface area (Å²) in [7, 11) is 0. The van der Waals surface area contributed by atoms with Crippen molar-refractivity contribution >= 4 is 0 Å². The minimum Gasteiger partial charge on any atom is -0.310 e. The van der Waals surface area contributed by atoms with Crippen LogP contribution in [0.1, 0.15) is 23.4 Å². The molecule has 3 heterocycles. The molecule has 2 fully saturated rings. The number of fused-ring (bicyclic) bond motifs is 2. The Balaban J connectivity index is 2.09. The zero-order chi connectivity index (χ0) is 10.5. The molecule has 3 rings (SSSR count). The number of nitrogens with one attached hydrogen (secondary N) is 2. The monoisotopic (exact) mass is 204 g/mol. The first-order valence-electron chi connectivity index (χ1n) is 5.48. The van der Waals surface area contributed by atoms with Gasteiger partial charge in [-0.3, -0.25) is 0 Å². The van der Waals surface area contributed by atoms with Gasteiger partial charge in [0, 0.05) is 24.8 Å². The van der Waals surface area contributed by atoms with E-state index in [1.807, 2.05) is 6.92 Å². The lowest BCUT2D eigenvalue weighted by Gasteiger charge is -2.28. The molecule has 4 nitrogen and oxygen atoms in total. The lowest BCUT2D eigenvalue weighted by molar-refractivity contribution is 0.379. The highest BCUT2D eigenvalue weighted by Crippen LogP contribution is 2.35. The fourth-order valence-electron chi connectivity index (χ4n) is 2.77. The summed E-state index contributed by atoms with van der Waals surface area (Å²) in [6.45, 7) is 6.22. The van der Waals surface area contributed by atoms with Crippen LogP contribution in [-0.4, -0.2) is 29.1 Å². The number of hydrogen-bond acceptors (Lipinski definition) is 4. The Hall–Kier alpha value is -1.00. The molecular weight excluding hydrogens is 188 g/mol. The molecule has 1 aromatic rings. The van der Waals surface area contributed by atoms with Crippen molar-refractivity contribution in [3.63, 3.8) is 0 Å². The molecule has 80 valence electrons. The molecule has 2 aliphatic rings. The van der Waals surface area contributed by atoms with Crippen LogP contribution in [0.2, 0.25) is 0 Å². The van der Waals surface area contributed by atoms with Crippen molar-refractivity contribution in [2.75, 3.05) is 13.1 Å². The molecule has 2 saturated heterocycles. The molecule has 4 heteroatoms. The van der Waals surface area contributed by atoms with Crippen LogP contribution in [0.15, 0.2) is 6.33 Å². The first kappa shape index (κ1) is 9.24. The third kappa shape index (κ3) is 1.21. The summed E-state index contributed by atoms with van der Waals surface area (Å²) < 4.78 is 0. The molecule has 2 atom stereocenters. The van der Waals surface area contributed by atoms with E-state index in [9.17, 15) is 0 Å². The lowest BCUT2D eigenvalue weighted by atomic mass is 9.91. The molecule has 0 radical (unpaired) electrons. The maximum atomic E-state index is 4.48. The molecule has 2 bridgehead atoms. The highest BCUT2D eigenvalue weighted by molar-refractivity contribution is 5.32. The van der Waals surface area contributed by atoms with E-state index in [0.29, 0.717) is 6.04 Å². The van der Waals surface area contributed by atoms with E-state index in [-0.39, 0.29) is 5.54 Å². The van der Waals surface area contributed by atoms with Crippen molar-refractivity contribution in [1.29, 1.82) is 0 Å². The van der Waals surface area contributed by atoms with Crippen LogP contribution in [0.5, 0.6) is 0 Å². The van der Waals surface area contributed by atoms with Gasteiger partial charge in [-0.2, -0.15) is 0 Å². The third-order valence-electron chi connectivity index (χ3n) is 3.76. The van der Waals surface area contributed by atoms with Crippen molar-refractivity contribution in [1.82, 2.24) is 20.6 Å². The van der Waals surface area contributed by atoms with Gasteiger partial charge in [0.15, 0.2) is 0 Å². The van der Waals surface area contributed by atoms with Gasteiger partial charge in [0.25, 0.3) is 0 Å². The van der Waals surface area contributed by atoms with E-state index in [1.54, 1.807) is 6.33 Å². The molecule has 1 aromatic heterocycles. The summed E-state index contributed by atoms with van der Waals surface area (Å²) in [5.41, 5.74) is 3.58. The molecule has 0 saturated carbocycles. The minimum absolute atomic E-state index is 0.0719. The summed E-state index contributed by atoms with van der Waals surface area (Å²) in [6.07, 6.45) is 2.84. The predicted molar refractivity (Wildman–Crippen MR) is 57.6 cm³/mol. The second kappa shape index (κ2) is 3.00. The number of hydrogen-bond donors (Lipinski definition) is 2. The number of piperazine rings is 1. The summed E-state index contributed by atoms with van der Waals surface area (Å²) in [6, 6.07) is 0.625. The van der Waals surface area contributed by atoms with E-state index in [0.717, 1.165) is 25.2 Å². The first-order valence-corrected chi connectivity index (χ1v) is 5.48. The highest BCUT2D eigenvalue weighted by Gasteiger charge is 2.47. The summed E-state index contributed by atoms with van der Waals surface area (Å²) in [5, 5.41) is 7.12. The topological polar surface area (TPSA) is 49.8 Å². The normalized spacial score (nSPS) is 33.6. The molecule has 2 N–H and O–H groups in total. The van der Waals surface area contributed by atoms with Crippen LogP contribution >= 0.6 is 0 Å². The van der Waals surface area contributed by atoms with Crippen LogP contribution in [0.25, 0.3) is 0 Å². The Morgan fingerprint density at radius 1 is 1.40 bits per heavy atom. The quantitative estimate of drug-likeness (QED) is 0.688. The Morgan fingerprint density at radius 3 is 2.87 bits per heavy atom. The van der Waals surface area contributed by atoms with Crippen LogP contribution in [0.4, 0.5) is 0 Å². The fraction of sp³-hybridized carbons (Fsp3) is 0.636. The van der Waals surface area contributed by atoms with Gasteiger partial charge < -0.3 is 10.6 Å². The Morgan fingerprint density at radius 2 is 2.27 bits per heavy atom. The first-order chi connectivity index (χ1) is 7.21. The minimum atomic E-state index is 0.0719. The average molecular weight is 204 g/mol. The maximum absolute atomic E-state index is 4.48. The Bertz CT molecular complexity index is 394. The number of rotatable bonds is 1. The third-order valence-corrected chi connectivity index (χ3v) is 3.76. The summed E-state index contributed by atoms with van der Waals surface area (Å²) in [4.78, 5) is 8.71. The van der Waals surface area contributed by atoms with Gasteiger partial charge in [0.2, 0.25) is 0 Å². The number of nitrogens with zero attached hydrogens (tertiary/aromatic N) is 2. The van der Waals surface area contributed by atoms with Crippen LogP contribution in [0, 0.1) is 13.8 Å². The molecule has 0 spiro atoms. The lowest BCUT2D eigenvalue weighted by Crippen LogP contribution is -2.48. The largest absolute Gasteiger partial charge is 0.310 e. The molecule has 0 amide bonds. The fourth-order valence-corrected chi connectivity index (χ4v) is 2.77. The van der Waals surface area contributed by atoms with Gasteiger partial charge in [-0.05, 0) is 25.8 Å². The van der Waals surface area contributed by atoms with Crippen molar-refractivity contribution in [2.45, 2.75) is 31.8 Å². The molecule has 15 heavy (non-hydrogen) atoms. The van der Waals surface area contributed by atoms with Crippen molar-refractivity contribution in [3.8, 4) is 0 Å². The Labute approximate surface area is 89.5 Å². The second-order valence-electron chi connectivity index (χ2n) is 4.68. The highest BCUT2D eigenvalue weighted by atomic mass is 15.2. The SMILES string of the molecule is Cc1ncnc(C23CNC(CN2)C3)c1C. The molecule has 2 unspecified atom stereocenters. The second-order valence-corrected chi connectivity index (χ2v) is 4.68. The van der Waals surface area contributed by atoms with Gasteiger partial charge in [0.1, 0.15) is 6.33 Å². The summed E-state index contributed by atoms with van der Waals surface area (Å²) in [5.74, 6) is 0. The van der Waals surface area contributed by atoms with E-state index < -0.39 is 0 Å². The predicted octanol–water partition coefficient (Wildman–Crippen LogP) is 0.254. The molecule has 0 aliphatic carbocycles. The molecule has 0 aromatic carbocycles. The number of aryl methyl sites for hydroxylation is 1. The van der Waals surface area contributed by atoms with Crippen molar-refractivity contribution in [3.05, 3.63) is 23.3 Å². The van der Waals surface area contributed by atoms with E-state index in [2.05, 4.69) is 27.5 Å². The molecular formula is C11H16N4. The van der Waals surface area contributed by atoms with E-state index in [1.165, 1.54) is 11.3 Å². The van der Waals surface area contributed by atoms with Crippen LogP contribution in [0.3, 0.4) is 0 Å². The van der Waals surface area contributed by atoms with Gasteiger partial charge in [-0.15, -0.1) is 0 Å². The summed E-state index contributed by atoms with van der Waals surface area (Å²) >= 11 is 0. The smallest absolute Gasteiger partial charge is 0.116 e. The average Bonchev–Trinajstić information content (AvgIpc) is 2.83. The van der Waals surface area contributed by atoms with Crippen molar-refractivity contribution in [2.24, 2.45) is 0 Å².